The van der Waals surface area contributed by atoms with Gasteiger partial charge in [-0.25, -0.2) is 8.42 Å². The van der Waals surface area contributed by atoms with Gasteiger partial charge in [0.1, 0.15) is 5.75 Å². The van der Waals surface area contributed by atoms with Crippen LogP contribution in [0.15, 0.2) is 83.8 Å². The van der Waals surface area contributed by atoms with Crippen LogP contribution in [-0.2, 0) is 16.6 Å². The van der Waals surface area contributed by atoms with Gasteiger partial charge in [-0.05, 0) is 55.0 Å². The Balaban J connectivity index is 1.73. The molecule has 1 amide bonds. The van der Waals surface area contributed by atoms with Gasteiger partial charge in [-0.15, -0.1) is 0 Å². The third kappa shape index (κ3) is 5.39. The Morgan fingerprint density at radius 2 is 1.67 bits per heavy atom. The highest BCUT2D eigenvalue weighted by molar-refractivity contribution is 7.92. The Kier molecular flexibility index (Phi) is 6.74. The number of benzene rings is 3. The fourth-order valence-corrected chi connectivity index (χ4v) is 4.04. The molecule has 6 nitrogen and oxygen atoms in total. The zero-order chi connectivity index (χ0) is 21.6. The number of ether oxygens (including phenoxy) is 1. The molecule has 0 fully saturated rings. The molecule has 7 heteroatoms. The van der Waals surface area contributed by atoms with Crippen LogP contribution in [0.4, 0.5) is 5.69 Å². The molecule has 0 aliphatic rings. The van der Waals surface area contributed by atoms with E-state index in [1.807, 2.05) is 31.2 Å². The molecule has 0 heterocycles. The van der Waals surface area contributed by atoms with Crippen molar-refractivity contribution in [1.29, 1.82) is 0 Å². The van der Waals surface area contributed by atoms with E-state index in [0.29, 0.717) is 24.4 Å². The van der Waals surface area contributed by atoms with Crippen molar-refractivity contribution in [3.63, 3.8) is 0 Å². The summed E-state index contributed by atoms with van der Waals surface area (Å²) >= 11 is 0. The zero-order valence-corrected chi connectivity index (χ0v) is 17.7. The first-order valence-corrected chi connectivity index (χ1v) is 11.0. The maximum Gasteiger partial charge on any atom is 0.261 e. The molecule has 0 aliphatic carbocycles. The van der Waals surface area contributed by atoms with E-state index in [1.165, 1.54) is 12.1 Å². The molecule has 0 radical (unpaired) electrons. The summed E-state index contributed by atoms with van der Waals surface area (Å²) in [6.07, 6.45) is 0. The van der Waals surface area contributed by atoms with E-state index in [1.54, 1.807) is 54.4 Å². The molecule has 0 aromatic heterocycles. The highest BCUT2D eigenvalue weighted by atomic mass is 32.2. The molecule has 156 valence electrons. The summed E-state index contributed by atoms with van der Waals surface area (Å²) in [5.41, 5.74) is 1.71. The van der Waals surface area contributed by atoms with Gasteiger partial charge in [-0.2, -0.15) is 0 Å². The predicted molar refractivity (Wildman–Crippen MR) is 117 cm³/mol. The second kappa shape index (κ2) is 9.45. The first-order chi connectivity index (χ1) is 14.4. The molecule has 0 aliphatic heterocycles. The van der Waals surface area contributed by atoms with Gasteiger partial charge in [0.25, 0.3) is 15.9 Å². The maximum atomic E-state index is 12.8. The Bertz CT molecular complexity index is 1100. The van der Waals surface area contributed by atoms with Crippen molar-refractivity contribution in [3.8, 4) is 5.75 Å². The number of hydrogen-bond acceptors (Lipinski definition) is 4. The lowest BCUT2D eigenvalue weighted by atomic mass is 10.1. The number of carbonyl (C=O) groups is 1. The highest BCUT2D eigenvalue weighted by Gasteiger charge is 2.18. The fraction of sp³-hybridized carbons (Fsp3) is 0.174. The number of hydrogen-bond donors (Lipinski definition) is 1. The SMILES string of the molecule is CCOc1ccc(CN(C)C(=O)c2cccc(S(=O)(=O)Nc3ccccc3)c2)cc1. The Morgan fingerprint density at radius 3 is 2.33 bits per heavy atom. The van der Waals surface area contributed by atoms with E-state index in [9.17, 15) is 13.2 Å². The normalized spacial score (nSPS) is 11.0. The molecule has 1 N–H and O–H groups in total. The van der Waals surface area contributed by atoms with E-state index in [-0.39, 0.29) is 10.8 Å². The van der Waals surface area contributed by atoms with Crippen molar-refractivity contribution in [2.24, 2.45) is 0 Å². The predicted octanol–water partition coefficient (Wildman–Crippen LogP) is 4.16. The minimum atomic E-state index is -3.80. The summed E-state index contributed by atoms with van der Waals surface area (Å²) in [5.74, 6) is 0.514. The summed E-state index contributed by atoms with van der Waals surface area (Å²) in [4.78, 5) is 14.4. The molecule has 3 aromatic carbocycles. The lowest BCUT2D eigenvalue weighted by molar-refractivity contribution is 0.0785. The number of nitrogens with zero attached hydrogens (tertiary/aromatic N) is 1. The van der Waals surface area contributed by atoms with Crippen molar-refractivity contribution >= 4 is 21.6 Å². The van der Waals surface area contributed by atoms with Gasteiger partial charge < -0.3 is 9.64 Å². The summed E-state index contributed by atoms with van der Waals surface area (Å²) in [6, 6.07) is 22.2. The molecule has 30 heavy (non-hydrogen) atoms. The number of carbonyl (C=O) groups excluding carboxylic acids is 1. The number of amides is 1. The summed E-state index contributed by atoms with van der Waals surface area (Å²) in [7, 11) is -2.12. The molecule has 0 atom stereocenters. The van der Waals surface area contributed by atoms with Crippen molar-refractivity contribution < 1.29 is 17.9 Å². The Labute approximate surface area is 177 Å². The van der Waals surface area contributed by atoms with Gasteiger partial charge in [0.15, 0.2) is 0 Å². The maximum absolute atomic E-state index is 12.8. The zero-order valence-electron chi connectivity index (χ0n) is 16.9. The quantitative estimate of drug-likeness (QED) is 0.589. The van der Waals surface area contributed by atoms with Crippen molar-refractivity contribution in [3.05, 3.63) is 90.0 Å². The van der Waals surface area contributed by atoms with Crippen LogP contribution in [-0.4, -0.2) is 32.9 Å². The van der Waals surface area contributed by atoms with E-state index in [4.69, 9.17) is 4.74 Å². The first kappa shape index (κ1) is 21.4. The van der Waals surface area contributed by atoms with Gasteiger partial charge in [-0.3, -0.25) is 9.52 Å². The minimum Gasteiger partial charge on any atom is -0.494 e. The van der Waals surface area contributed by atoms with Crippen molar-refractivity contribution in [2.45, 2.75) is 18.4 Å². The van der Waals surface area contributed by atoms with Crippen LogP contribution in [0, 0.1) is 0 Å². The van der Waals surface area contributed by atoms with Crippen LogP contribution in [0.2, 0.25) is 0 Å². The second-order valence-corrected chi connectivity index (χ2v) is 8.42. The molecular formula is C23H24N2O4S. The molecule has 0 bridgehead atoms. The molecule has 0 saturated heterocycles. The van der Waals surface area contributed by atoms with Crippen molar-refractivity contribution in [2.75, 3.05) is 18.4 Å². The molecule has 0 unspecified atom stereocenters. The number of para-hydroxylation sites is 1. The van der Waals surface area contributed by atoms with E-state index < -0.39 is 10.0 Å². The third-order valence-corrected chi connectivity index (χ3v) is 5.80. The molecular weight excluding hydrogens is 400 g/mol. The lowest BCUT2D eigenvalue weighted by Gasteiger charge is -2.18. The molecule has 3 rings (SSSR count). The van der Waals surface area contributed by atoms with Gasteiger partial charge in [-0.1, -0.05) is 36.4 Å². The number of rotatable bonds is 8. The smallest absolute Gasteiger partial charge is 0.261 e. The fourth-order valence-electron chi connectivity index (χ4n) is 2.94. The standard InChI is InChI=1S/C23H24N2O4S/c1-3-29-21-14-12-18(13-15-21)17-25(2)23(26)19-8-7-11-22(16-19)30(27,28)24-20-9-5-4-6-10-20/h4-16,24H,3,17H2,1-2H3. The van der Waals surface area contributed by atoms with Crippen LogP contribution in [0.25, 0.3) is 0 Å². The number of sulfonamides is 1. The van der Waals surface area contributed by atoms with Gasteiger partial charge in [0, 0.05) is 24.8 Å². The third-order valence-electron chi connectivity index (χ3n) is 4.42. The van der Waals surface area contributed by atoms with Crippen LogP contribution in [0.5, 0.6) is 5.75 Å². The van der Waals surface area contributed by atoms with Crippen LogP contribution < -0.4 is 9.46 Å². The van der Waals surface area contributed by atoms with Crippen LogP contribution in [0.3, 0.4) is 0 Å². The van der Waals surface area contributed by atoms with Gasteiger partial charge in [0.05, 0.1) is 11.5 Å². The second-order valence-electron chi connectivity index (χ2n) is 6.74. The molecule has 0 saturated carbocycles. The number of nitrogens with one attached hydrogen (secondary N) is 1. The van der Waals surface area contributed by atoms with E-state index >= 15 is 0 Å². The lowest BCUT2D eigenvalue weighted by Crippen LogP contribution is -2.26. The van der Waals surface area contributed by atoms with E-state index in [2.05, 4.69) is 4.72 Å². The monoisotopic (exact) mass is 424 g/mol. The summed E-state index contributed by atoms with van der Waals surface area (Å²) in [5, 5.41) is 0. The molecule has 3 aromatic rings. The topological polar surface area (TPSA) is 75.7 Å². The van der Waals surface area contributed by atoms with Crippen LogP contribution >= 0.6 is 0 Å². The largest absolute Gasteiger partial charge is 0.494 e. The average Bonchev–Trinajstić information content (AvgIpc) is 2.75. The molecule has 0 spiro atoms. The van der Waals surface area contributed by atoms with Gasteiger partial charge >= 0.3 is 0 Å². The first-order valence-electron chi connectivity index (χ1n) is 9.54. The average molecular weight is 425 g/mol. The Morgan fingerprint density at radius 1 is 0.967 bits per heavy atom. The van der Waals surface area contributed by atoms with Gasteiger partial charge in [0.2, 0.25) is 0 Å². The summed E-state index contributed by atoms with van der Waals surface area (Å²) in [6.45, 7) is 2.91. The van der Waals surface area contributed by atoms with Crippen LogP contribution in [0.1, 0.15) is 22.8 Å². The summed E-state index contributed by atoms with van der Waals surface area (Å²) < 4.78 is 33.3. The van der Waals surface area contributed by atoms with Crippen molar-refractivity contribution in [1.82, 2.24) is 4.90 Å². The number of anilines is 1. The Hall–Kier alpha value is -3.32. The minimum absolute atomic E-state index is 0.0340. The van der Waals surface area contributed by atoms with E-state index in [0.717, 1.165) is 11.3 Å². The highest BCUT2D eigenvalue weighted by Crippen LogP contribution is 2.19.